The van der Waals surface area contributed by atoms with Crippen LogP contribution < -0.4 is 5.32 Å². The van der Waals surface area contributed by atoms with E-state index >= 15 is 0 Å². The summed E-state index contributed by atoms with van der Waals surface area (Å²) in [4.78, 5) is 0. The molecule has 0 heterocycles. The molecule has 1 fully saturated rings. The molecule has 0 radical (unpaired) electrons. The van der Waals surface area contributed by atoms with Crippen molar-refractivity contribution >= 4 is 0 Å². The summed E-state index contributed by atoms with van der Waals surface area (Å²) in [5.74, 6) is 0. The number of hydrogen-bond donors (Lipinski definition) is 2. The minimum absolute atomic E-state index is 0.132. The average Bonchev–Trinajstić information content (AvgIpc) is 2.39. The highest BCUT2D eigenvalue weighted by Gasteiger charge is 2.34. The first kappa shape index (κ1) is 14.9. The highest BCUT2D eigenvalue weighted by atomic mass is 16.5. The molecule has 4 heteroatoms. The first-order chi connectivity index (χ1) is 8.26. The Morgan fingerprint density at radius 2 is 2.18 bits per heavy atom. The van der Waals surface area contributed by atoms with E-state index in [9.17, 15) is 5.11 Å². The van der Waals surface area contributed by atoms with Gasteiger partial charge in [-0.15, -0.1) is 0 Å². The molecule has 0 saturated heterocycles. The summed E-state index contributed by atoms with van der Waals surface area (Å²) in [5.41, 5.74) is -0.132. The Labute approximate surface area is 105 Å². The quantitative estimate of drug-likeness (QED) is 0.633. The molecule has 17 heavy (non-hydrogen) atoms. The van der Waals surface area contributed by atoms with Gasteiger partial charge in [-0.05, 0) is 39.2 Å². The van der Waals surface area contributed by atoms with Crippen molar-refractivity contribution < 1.29 is 14.6 Å². The van der Waals surface area contributed by atoms with Gasteiger partial charge in [0.15, 0.2) is 0 Å². The normalized spacial score (nSPS) is 29.5. The van der Waals surface area contributed by atoms with Gasteiger partial charge in [-0.3, -0.25) is 0 Å². The van der Waals surface area contributed by atoms with Crippen molar-refractivity contribution in [3.05, 3.63) is 0 Å². The van der Waals surface area contributed by atoms with Gasteiger partial charge in [-0.1, -0.05) is 6.92 Å². The van der Waals surface area contributed by atoms with E-state index in [2.05, 4.69) is 12.2 Å². The van der Waals surface area contributed by atoms with Crippen LogP contribution in [0.2, 0.25) is 0 Å². The topological polar surface area (TPSA) is 50.7 Å². The smallest absolute Gasteiger partial charge is 0.0704 e. The van der Waals surface area contributed by atoms with Crippen LogP contribution in [-0.4, -0.2) is 50.2 Å². The highest BCUT2D eigenvalue weighted by molar-refractivity contribution is 4.92. The van der Waals surface area contributed by atoms with Crippen molar-refractivity contribution in [1.82, 2.24) is 5.32 Å². The number of nitrogens with one attached hydrogen (secondary N) is 1. The number of rotatable bonds is 8. The summed E-state index contributed by atoms with van der Waals surface area (Å²) in [7, 11) is 1.92. The maximum Gasteiger partial charge on any atom is 0.0704 e. The Morgan fingerprint density at radius 1 is 1.35 bits per heavy atom. The van der Waals surface area contributed by atoms with E-state index in [4.69, 9.17) is 9.47 Å². The molecule has 0 aromatic rings. The van der Waals surface area contributed by atoms with Crippen LogP contribution in [0.4, 0.5) is 0 Å². The summed E-state index contributed by atoms with van der Waals surface area (Å²) in [5, 5.41) is 12.7. The van der Waals surface area contributed by atoms with Crippen LogP contribution in [0.1, 0.15) is 39.0 Å². The second-order valence-corrected chi connectivity index (χ2v) is 4.89. The van der Waals surface area contributed by atoms with Crippen LogP contribution in [0.15, 0.2) is 0 Å². The predicted molar refractivity (Wildman–Crippen MR) is 68.2 cm³/mol. The molecule has 0 aromatic heterocycles. The Bertz CT molecular complexity index is 195. The highest BCUT2D eigenvalue weighted by Crippen LogP contribution is 2.29. The van der Waals surface area contributed by atoms with Gasteiger partial charge < -0.3 is 19.9 Å². The lowest BCUT2D eigenvalue weighted by molar-refractivity contribution is -0.0363. The standard InChI is InChI=1S/C13H27NO3/c1-3-7-16-8-9-17-12-5-4-6-13(10-12,11-15)14-2/h12,14-15H,3-11H2,1-2H3. The first-order valence-corrected chi connectivity index (χ1v) is 6.75. The molecule has 2 N–H and O–H groups in total. The van der Waals surface area contributed by atoms with E-state index in [-0.39, 0.29) is 18.2 Å². The third-order valence-electron chi connectivity index (χ3n) is 3.56. The minimum Gasteiger partial charge on any atom is -0.394 e. The van der Waals surface area contributed by atoms with Gasteiger partial charge in [0, 0.05) is 12.1 Å². The van der Waals surface area contributed by atoms with Crippen LogP contribution >= 0.6 is 0 Å². The largest absolute Gasteiger partial charge is 0.394 e. The number of likely N-dealkylation sites (N-methyl/N-ethyl adjacent to an activating group) is 1. The zero-order valence-corrected chi connectivity index (χ0v) is 11.2. The number of hydrogen-bond acceptors (Lipinski definition) is 4. The molecule has 4 nitrogen and oxygen atoms in total. The maximum atomic E-state index is 9.46. The lowest BCUT2D eigenvalue weighted by Crippen LogP contribution is -2.51. The molecule has 0 bridgehead atoms. The van der Waals surface area contributed by atoms with Crippen molar-refractivity contribution in [1.29, 1.82) is 0 Å². The summed E-state index contributed by atoms with van der Waals surface area (Å²) in [6.07, 6.45) is 5.45. The molecule has 0 aromatic carbocycles. The fourth-order valence-electron chi connectivity index (χ4n) is 2.42. The van der Waals surface area contributed by atoms with E-state index in [0.29, 0.717) is 13.2 Å². The van der Waals surface area contributed by atoms with E-state index in [1.54, 1.807) is 0 Å². The monoisotopic (exact) mass is 245 g/mol. The fourth-order valence-corrected chi connectivity index (χ4v) is 2.42. The molecule has 0 aliphatic heterocycles. The van der Waals surface area contributed by atoms with Crippen LogP contribution in [0, 0.1) is 0 Å². The number of ether oxygens (including phenoxy) is 2. The molecule has 0 spiro atoms. The van der Waals surface area contributed by atoms with Crippen LogP contribution in [0.25, 0.3) is 0 Å². The van der Waals surface area contributed by atoms with E-state index in [1.807, 2.05) is 7.05 Å². The van der Waals surface area contributed by atoms with E-state index in [1.165, 1.54) is 0 Å². The maximum absolute atomic E-state index is 9.46. The first-order valence-electron chi connectivity index (χ1n) is 6.75. The Balaban J connectivity index is 2.20. The van der Waals surface area contributed by atoms with Crippen molar-refractivity contribution in [3.63, 3.8) is 0 Å². The molecular weight excluding hydrogens is 218 g/mol. The molecule has 1 aliphatic rings. The molecule has 2 atom stereocenters. The lowest BCUT2D eigenvalue weighted by atomic mass is 9.81. The van der Waals surface area contributed by atoms with Gasteiger partial charge in [0.05, 0.1) is 25.9 Å². The second-order valence-electron chi connectivity index (χ2n) is 4.89. The molecular formula is C13H27NO3. The Kier molecular flexibility index (Phi) is 7.04. The van der Waals surface area contributed by atoms with Gasteiger partial charge in [0.2, 0.25) is 0 Å². The predicted octanol–water partition coefficient (Wildman–Crippen LogP) is 1.32. The van der Waals surface area contributed by atoms with E-state index < -0.39 is 0 Å². The van der Waals surface area contributed by atoms with Crippen LogP contribution in [0.3, 0.4) is 0 Å². The Hall–Kier alpha value is -0.160. The zero-order chi connectivity index (χ0) is 12.6. The number of aliphatic hydroxyl groups is 1. The zero-order valence-electron chi connectivity index (χ0n) is 11.2. The van der Waals surface area contributed by atoms with Crippen molar-refractivity contribution in [2.45, 2.75) is 50.7 Å². The van der Waals surface area contributed by atoms with Gasteiger partial charge in [-0.2, -0.15) is 0 Å². The lowest BCUT2D eigenvalue weighted by Gasteiger charge is -2.39. The van der Waals surface area contributed by atoms with Crippen molar-refractivity contribution in [2.24, 2.45) is 0 Å². The van der Waals surface area contributed by atoms with Crippen molar-refractivity contribution in [3.8, 4) is 0 Å². The van der Waals surface area contributed by atoms with Gasteiger partial charge >= 0.3 is 0 Å². The molecule has 1 rings (SSSR count). The summed E-state index contributed by atoms with van der Waals surface area (Å²) >= 11 is 0. The van der Waals surface area contributed by atoms with E-state index in [0.717, 1.165) is 38.7 Å². The van der Waals surface area contributed by atoms with Crippen molar-refractivity contribution in [2.75, 3.05) is 33.5 Å². The summed E-state index contributed by atoms with van der Waals surface area (Å²) in [6.45, 7) is 4.44. The minimum atomic E-state index is -0.132. The SMILES string of the molecule is CCCOCCOC1CCCC(CO)(NC)C1. The van der Waals surface area contributed by atoms with Gasteiger partial charge in [0.1, 0.15) is 0 Å². The fraction of sp³-hybridized carbons (Fsp3) is 1.00. The average molecular weight is 245 g/mol. The molecule has 0 amide bonds. The second kappa shape index (κ2) is 8.03. The van der Waals surface area contributed by atoms with Gasteiger partial charge in [0.25, 0.3) is 0 Å². The molecule has 2 unspecified atom stereocenters. The van der Waals surface area contributed by atoms with Crippen LogP contribution in [0.5, 0.6) is 0 Å². The number of aliphatic hydroxyl groups excluding tert-OH is 1. The third-order valence-corrected chi connectivity index (χ3v) is 3.56. The molecule has 1 saturated carbocycles. The van der Waals surface area contributed by atoms with Crippen LogP contribution in [-0.2, 0) is 9.47 Å². The Morgan fingerprint density at radius 3 is 2.82 bits per heavy atom. The van der Waals surface area contributed by atoms with Gasteiger partial charge in [-0.25, -0.2) is 0 Å². The third kappa shape index (κ3) is 4.92. The summed E-state index contributed by atoms with van der Waals surface area (Å²) < 4.78 is 11.2. The molecule has 102 valence electrons. The molecule has 1 aliphatic carbocycles. The summed E-state index contributed by atoms with van der Waals surface area (Å²) in [6, 6.07) is 0.